The van der Waals surface area contributed by atoms with E-state index in [0.29, 0.717) is 0 Å². The van der Waals surface area contributed by atoms with Gasteiger partial charge in [0.15, 0.2) is 5.96 Å². The van der Waals surface area contributed by atoms with Gasteiger partial charge < -0.3 is 19.5 Å². The van der Waals surface area contributed by atoms with Gasteiger partial charge in [-0.15, -0.1) is 0 Å². The van der Waals surface area contributed by atoms with Crippen LogP contribution in [-0.2, 0) is 18.3 Å². The smallest absolute Gasteiger partial charge is 0.194 e. The molecule has 0 aliphatic carbocycles. The minimum Gasteiger partial charge on any atom is -0.379 e. The quantitative estimate of drug-likeness (QED) is 0.465. The normalized spacial score (nSPS) is 16.6. The Labute approximate surface area is 140 Å². The number of aliphatic imine (C=N–C) groups is 1. The molecule has 1 fully saturated rings. The molecule has 1 aromatic heterocycles. The van der Waals surface area contributed by atoms with Crippen molar-refractivity contribution < 1.29 is 4.74 Å². The van der Waals surface area contributed by atoms with Crippen LogP contribution < -0.4 is 5.32 Å². The van der Waals surface area contributed by atoms with Gasteiger partial charge in [-0.05, 0) is 25.5 Å². The number of hydrogen-bond acceptors (Lipinski definition) is 3. The molecule has 1 N–H and O–H groups in total. The Morgan fingerprint density at radius 3 is 2.83 bits per heavy atom. The van der Waals surface area contributed by atoms with Gasteiger partial charge in [-0.25, -0.2) is 0 Å². The highest BCUT2D eigenvalue weighted by Crippen LogP contribution is 2.04. The third-order valence-electron chi connectivity index (χ3n) is 4.14. The van der Waals surface area contributed by atoms with Crippen LogP contribution in [0, 0.1) is 0 Å². The van der Waals surface area contributed by atoms with Gasteiger partial charge in [0.05, 0.1) is 19.8 Å². The Hall–Kier alpha value is -1.53. The maximum absolute atomic E-state index is 5.38. The van der Waals surface area contributed by atoms with Gasteiger partial charge in [0, 0.05) is 58.7 Å². The van der Waals surface area contributed by atoms with Gasteiger partial charge in [0.25, 0.3) is 0 Å². The lowest BCUT2D eigenvalue weighted by atomic mass is 10.3. The highest BCUT2D eigenvalue weighted by Gasteiger charge is 2.10. The second kappa shape index (κ2) is 9.57. The van der Waals surface area contributed by atoms with E-state index in [1.165, 1.54) is 5.69 Å². The number of guanidine groups is 1. The van der Waals surface area contributed by atoms with E-state index in [9.17, 15) is 0 Å². The lowest BCUT2D eigenvalue weighted by molar-refractivity contribution is 0.0377. The summed E-state index contributed by atoms with van der Waals surface area (Å²) >= 11 is 0. The monoisotopic (exact) mass is 321 g/mol. The standard InChI is InChI=1S/C17H31N5O/c1-4-18-17(21(3)15-16-7-5-9-20(16)2)19-8-6-10-22-11-13-23-14-12-22/h5,7,9H,4,6,8,10-15H2,1-3H3,(H,18,19). The minimum absolute atomic E-state index is 0.858. The zero-order valence-electron chi connectivity index (χ0n) is 14.8. The first-order valence-electron chi connectivity index (χ1n) is 8.60. The van der Waals surface area contributed by atoms with E-state index in [1.807, 2.05) is 0 Å². The van der Waals surface area contributed by atoms with E-state index in [1.54, 1.807) is 0 Å². The Bertz CT molecular complexity index is 479. The van der Waals surface area contributed by atoms with Crippen LogP contribution in [0.3, 0.4) is 0 Å². The molecule has 130 valence electrons. The van der Waals surface area contributed by atoms with Crippen molar-refractivity contribution in [3.8, 4) is 0 Å². The van der Waals surface area contributed by atoms with Crippen molar-refractivity contribution >= 4 is 5.96 Å². The molecule has 0 amide bonds. The molecule has 0 bridgehead atoms. The molecule has 0 saturated carbocycles. The molecule has 6 nitrogen and oxygen atoms in total. The van der Waals surface area contributed by atoms with Gasteiger partial charge >= 0.3 is 0 Å². The molecule has 0 radical (unpaired) electrons. The van der Waals surface area contributed by atoms with Crippen LogP contribution in [-0.4, -0.2) is 73.3 Å². The van der Waals surface area contributed by atoms with Crippen LogP contribution in [0.15, 0.2) is 23.3 Å². The summed E-state index contributed by atoms with van der Waals surface area (Å²) in [6, 6.07) is 4.23. The number of aryl methyl sites for hydroxylation is 1. The number of aromatic nitrogens is 1. The van der Waals surface area contributed by atoms with Crippen molar-refractivity contribution in [2.24, 2.45) is 12.0 Å². The largest absolute Gasteiger partial charge is 0.379 e. The Balaban J connectivity index is 1.79. The van der Waals surface area contributed by atoms with E-state index >= 15 is 0 Å². The maximum Gasteiger partial charge on any atom is 0.194 e. The summed E-state index contributed by atoms with van der Waals surface area (Å²) in [5.41, 5.74) is 1.28. The Morgan fingerprint density at radius 1 is 1.39 bits per heavy atom. The van der Waals surface area contributed by atoms with E-state index in [2.05, 4.69) is 59.0 Å². The van der Waals surface area contributed by atoms with Gasteiger partial charge in [-0.3, -0.25) is 9.89 Å². The van der Waals surface area contributed by atoms with Crippen molar-refractivity contribution in [2.45, 2.75) is 19.9 Å². The molecular formula is C17H31N5O. The van der Waals surface area contributed by atoms with Crippen LogP contribution in [0.4, 0.5) is 0 Å². The van der Waals surface area contributed by atoms with Gasteiger partial charge in [0.2, 0.25) is 0 Å². The third-order valence-corrected chi connectivity index (χ3v) is 4.14. The molecule has 23 heavy (non-hydrogen) atoms. The second-order valence-electron chi connectivity index (χ2n) is 6.01. The zero-order valence-corrected chi connectivity index (χ0v) is 14.8. The number of nitrogens with zero attached hydrogens (tertiary/aromatic N) is 4. The fraction of sp³-hybridized carbons (Fsp3) is 0.706. The number of rotatable bonds is 7. The first-order valence-corrected chi connectivity index (χ1v) is 8.60. The summed E-state index contributed by atoms with van der Waals surface area (Å²) < 4.78 is 7.53. The molecule has 2 heterocycles. The number of nitrogens with one attached hydrogen (secondary N) is 1. The molecule has 0 atom stereocenters. The number of ether oxygens (including phenoxy) is 1. The summed E-state index contributed by atoms with van der Waals surface area (Å²) in [6.45, 7) is 9.66. The summed E-state index contributed by atoms with van der Waals surface area (Å²) in [4.78, 5) is 9.42. The number of hydrogen-bond donors (Lipinski definition) is 1. The molecule has 0 aromatic carbocycles. The molecule has 1 saturated heterocycles. The van der Waals surface area contributed by atoms with Gasteiger partial charge in [-0.1, -0.05) is 0 Å². The average Bonchev–Trinajstić information content (AvgIpc) is 2.96. The molecule has 1 aliphatic rings. The summed E-state index contributed by atoms with van der Waals surface area (Å²) in [5.74, 6) is 0.982. The fourth-order valence-corrected chi connectivity index (χ4v) is 2.75. The SMILES string of the molecule is CCNC(=NCCCN1CCOCC1)N(C)Cc1cccn1C. The molecule has 6 heteroatoms. The molecule has 0 unspecified atom stereocenters. The van der Waals surface area contributed by atoms with Crippen molar-refractivity contribution in [1.82, 2.24) is 19.7 Å². The summed E-state index contributed by atoms with van der Waals surface area (Å²) in [6.07, 6.45) is 3.17. The predicted molar refractivity (Wildman–Crippen MR) is 94.7 cm³/mol. The highest BCUT2D eigenvalue weighted by molar-refractivity contribution is 5.79. The van der Waals surface area contributed by atoms with E-state index in [4.69, 9.17) is 9.73 Å². The average molecular weight is 321 g/mol. The van der Waals surface area contributed by atoms with Crippen molar-refractivity contribution in [3.63, 3.8) is 0 Å². The van der Waals surface area contributed by atoms with Gasteiger partial charge in [0.1, 0.15) is 0 Å². The molecule has 2 rings (SSSR count). The lowest BCUT2D eigenvalue weighted by Crippen LogP contribution is -2.39. The Kier molecular flexibility index (Phi) is 7.42. The molecule has 1 aliphatic heterocycles. The maximum atomic E-state index is 5.38. The Morgan fingerprint density at radius 2 is 2.17 bits per heavy atom. The zero-order chi connectivity index (χ0) is 16.5. The minimum atomic E-state index is 0.858. The van der Waals surface area contributed by atoms with Crippen LogP contribution in [0.2, 0.25) is 0 Å². The van der Waals surface area contributed by atoms with Crippen molar-refractivity contribution in [1.29, 1.82) is 0 Å². The van der Waals surface area contributed by atoms with Crippen LogP contribution in [0.1, 0.15) is 19.0 Å². The first-order chi connectivity index (χ1) is 11.2. The molecular weight excluding hydrogens is 290 g/mol. The van der Waals surface area contributed by atoms with Crippen LogP contribution in [0.25, 0.3) is 0 Å². The predicted octanol–water partition coefficient (Wildman–Crippen LogP) is 1.14. The molecule has 0 spiro atoms. The van der Waals surface area contributed by atoms with Crippen molar-refractivity contribution in [3.05, 3.63) is 24.0 Å². The lowest BCUT2D eigenvalue weighted by Gasteiger charge is -2.26. The van der Waals surface area contributed by atoms with Crippen LogP contribution >= 0.6 is 0 Å². The topological polar surface area (TPSA) is 45.0 Å². The fourth-order valence-electron chi connectivity index (χ4n) is 2.75. The third kappa shape index (κ3) is 5.88. The first kappa shape index (κ1) is 17.8. The summed E-state index contributed by atoms with van der Waals surface area (Å²) in [7, 11) is 4.17. The van der Waals surface area contributed by atoms with E-state index in [0.717, 1.165) is 64.9 Å². The van der Waals surface area contributed by atoms with Crippen molar-refractivity contribution in [2.75, 3.05) is 53.0 Å². The summed E-state index contributed by atoms with van der Waals surface area (Å²) in [5, 5.41) is 3.39. The molecule has 1 aromatic rings. The highest BCUT2D eigenvalue weighted by atomic mass is 16.5. The van der Waals surface area contributed by atoms with Crippen LogP contribution in [0.5, 0.6) is 0 Å². The van der Waals surface area contributed by atoms with E-state index in [-0.39, 0.29) is 0 Å². The van der Waals surface area contributed by atoms with E-state index < -0.39 is 0 Å². The number of morpholine rings is 1. The second-order valence-corrected chi connectivity index (χ2v) is 6.01. The van der Waals surface area contributed by atoms with Gasteiger partial charge in [-0.2, -0.15) is 0 Å².